The molecule has 8 heteroatoms. The van der Waals surface area contributed by atoms with Crippen LogP contribution in [0, 0.1) is 6.92 Å². The van der Waals surface area contributed by atoms with E-state index in [1.54, 1.807) is 0 Å². The van der Waals surface area contributed by atoms with Crippen LogP contribution in [0.5, 0.6) is 11.5 Å². The van der Waals surface area contributed by atoms with E-state index in [9.17, 15) is 18.0 Å². The highest BCUT2D eigenvalue weighted by atomic mass is 19.4. The molecule has 2 aromatic carbocycles. The second kappa shape index (κ2) is 8.66. The largest absolute Gasteiger partial charge is 0.493 e. The molecule has 5 nitrogen and oxygen atoms in total. The Morgan fingerprint density at radius 1 is 1.15 bits per heavy atom. The van der Waals surface area contributed by atoms with Gasteiger partial charge in [-0.1, -0.05) is 24.3 Å². The standard InChI is InChI=1S/C19H21F3N2O3/c1-12-6-4-5-7-15(12)13(2)23-18(25)24-14-8-9-16(26-3)17(10-14)27-11-19(20,21)22/h4-10,13H,11H2,1-3H3,(H2,23,24,25). The summed E-state index contributed by atoms with van der Waals surface area (Å²) in [5.74, 6) is 0.0260. The molecule has 1 atom stereocenters. The molecule has 0 heterocycles. The first-order valence-corrected chi connectivity index (χ1v) is 8.20. The van der Waals surface area contributed by atoms with Crippen LogP contribution in [0.1, 0.15) is 24.1 Å². The Morgan fingerprint density at radius 3 is 2.48 bits per heavy atom. The van der Waals surface area contributed by atoms with Crippen LogP contribution < -0.4 is 20.1 Å². The van der Waals surface area contributed by atoms with E-state index < -0.39 is 18.8 Å². The van der Waals surface area contributed by atoms with E-state index in [0.717, 1.165) is 11.1 Å². The first kappa shape index (κ1) is 20.4. The summed E-state index contributed by atoms with van der Waals surface area (Å²) in [6.45, 7) is 2.33. The van der Waals surface area contributed by atoms with Crippen LogP contribution in [0.2, 0.25) is 0 Å². The minimum atomic E-state index is -4.48. The lowest BCUT2D eigenvalue weighted by molar-refractivity contribution is -0.153. The van der Waals surface area contributed by atoms with Gasteiger partial charge in [0.05, 0.1) is 13.2 Å². The van der Waals surface area contributed by atoms with Crippen molar-refractivity contribution >= 4 is 11.7 Å². The maximum Gasteiger partial charge on any atom is 0.422 e. The lowest BCUT2D eigenvalue weighted by Gasteiger charge is -2.18. The molecule has 2 rings (SSSR count). The summed E-state index contributed by atoms with van der Waals surface area (Å²) in [6, 6.07) is 11.1. The number of anilines is 1. The second-order valence-electron chi connectivity index (χ2n) is 5.95. The van der Waals surface area contributed by atoms with E-state index in [2.05, 4.69) is 10.6 Å². The van der Waals surface area contributed by atoms with E-state index in [1.807, 2.05) is 38.1 Å². The van der Waals surface area contributed by atoms with Crippen molar-refractivity contribution in [2.75, 3.05) is 19.0 Å². The summed E-state index contributed by atoms with van der Waals surface area (Å²) in [5.41, 5.74) is 2.29. The summed E-state index contributed by atoms with van der Waals surface area (Å²) in [6.07, 6.45) is -4.48. The number of carbonyl (C=O) groups is 1. The van der Waals surface area contributed by atoms with E-state index in [4.69, 9.17) is 9.47 Å². The zero-order valence-corrected chi connectivity index (χ0v) is 15.2. The maximum absolute atomic E-state index is 12.4. The van der Waals surface area contributed by atoms with Gasteiger partial charge in [-0.05, 0) is 37.1 Å². The number of urea groups is 1. The van der Waals surface area contributed by atoms with Gasteiger partial charge in [-0.2, -0.15) is 13.2 Å². The monoisotopic (exact) mass is 382 g/mol. The molecule has 146 valence electrons. The zero-order chi connectivity index (χ0) is 20.0. The molecule has 0 aliphatic carbocycles. The van der Waals surface area contributed by atoms with Gasteiger partial charge in [0, 0.05) is 11.8 Å². The summed E-state index contributed by atoms with van der Waals surface area (Å²) in [4.78, 5) is 12.2. The van der Waals surface area contributed by atoms with E-state index >= 15 is 0 Å². The molecule has 1 unspecified atom stereocenters. The number of hydrogen-bond acceptors (Lipinski definition) is 3. The normalized spacial score (nSPS) is 12.2. The third-order valence-electron chi connectivity index (χ3n) is 3.82. The van der Waals surface area contributed by atoms with Gasteiger partial charge in [-0.25, -0.2) is 4.79 Å². The third kappa shape index (κ3) is 6.09. The number of nitrogens with one attached hydrogen (secondary N) is 2. The third-order valence-corrected chi connectivity index (χ3v) is 3.82. The molecule has 0 saturated carbocycles. The average Bonchev–Trinajstić information content (AvgIpc) is 2.59. The number of methoxy groups -OCH3 is 1. The SMILES string of the molecule is COc1ccc(NC(=O)NC(C)c2ccccc2C)cc1OCC(F)(F)F. The quantitative estimate of drug-likeness (QED) is 0.753. The topological polar surface area (TPSA) is 59.6 Å². The highest BCUT2D eigenvalue weighted by Crippen LogP contribution is 2.31. The fraction of sp³-hybridized carbons (Fsp3) is 0.316. The molecule has 0 saturated heterocycles. The Morgan fingerprint density at radius 2 is 1.85 bits per heavy atom. The number of aryl methyl sites for hydroxylation is 1. The second-order valence-corrected chi connectivity index (χ2v) is 5.95. The number of amides is 2. The molecule has 2 N–H and O–H groups in total. The molecule has 0 radical (unpaired) electrons. The zero-order valence-electron chi connectivity index (χ0n) is 15.2. The van der Waals surface area contributed by atoms with E-state index in [-0.39, 0.29) is 23.2 Å². The van der Waals surface area contributed by atoms with Crippen molar-refractivity contribution in [2.24, 2.45) is 0 Å². The van der Waals surface area contributed by atoms with Gasteiger partial charge in [-0.15, -0.1) is 0 Å². The minimum Gasteiger partial charge on any atom is -0.493 e. The summed E-state index contributed by atoms with van der Waals surface area (Å²) in [7, 11) is 1.32. The van der Waals surface area contributed by atoms with Gasteiger partial charge in [0.15, 0.2) is 18.1 Å². The van der Waals surface area contributed by atoms with E-state index in [1.165, 1.54) is 25.3 Å². The van der Waals surface area contributed by atoms with Crippen molar-refractivity contribution in [3.8, 4) is 11.5 Å². The maximum atomic E-state index is 12.4. The van der Waals surface area contributed by atoms with Crippen LogP contribution in [0.4, 0.5) is 23.7 Å². The van der Waals surface area contributed by atoms with Gasteiger partial charge in [-0.3, -0.25) is 0 Å². The van der Waals surface area contributed by atoms with Crippen LogP contribution in [0.15, 0.2) is 42.5 Å². The molecule has 0 spiro atoms. The van der Waals surface area contributed by atoms with Crippen LogP contribution in [-0.2, 0) is 0 Å². The Kier molecular flexibility index (Phi) is 6.55. The van der Waals surface area contributed by atoms with Crippen molar-refractivity contribution in [3.05, 3.63) is 53.6 Å². The van der Waals surface area contributed by atoms with Gasteiger partial charge >= 0.3 is 12.2 Å². The lowest BCUT2D eigenvalue weighted by Crippen LogP contribution is -2.31. The van der Waals surface area contributed by atoms with Crippen LogP contribution in [0.25, 0.3) is 0 Å². The van der Waals surface area contributed by atoms with Gasteiger partial charge in [0.25, 0.3) is 0 Å². The lowest BCUT2D eigenvalue weighted by atomic mass is 10.0. The van der Waals surface area contributed by atoms with Crippen LogP contribution in [0.3, 0.4) is 0 Å². The highest BCUT2D eigenvalue weighted by Gasteiger charge is 2.29. The number of hydrogen-bond donors (Lipinski definition) is 2. The predicted octanol–water partition coefficient (Wildman–Crippen LogP) is 4.83. The molecule has 2 aromatic rings. The number of ether oxygens (including phenoxy) is 2. The number of carbonyl (C=O) groups excluding carboxylic acids is 1. The van der Waals surface area contributed by atoms with Crippen molar-refractivity contribution in [1.82, 2.24) is 5.32 Å². The predicted molar refractivity (Wildman–Crippen MR) is 96.3 cm³/mol. The Balaban J connectivity index is 2.05. The van der Waals surface area contributed by atoms with Gasteiger partial charge < -0.3 is 20.1 Å². The molecule has 0 aromatic heterocycles. The Labute approximate surface area is 155 Å². The molecular formula is C19H21F3N2O3. The van der Waals surface area contributed by atoms with Crippen molar-refractivity contribution < 1.29 is 27.4 Å². The first-order chi connectivity index (χ1) is 12.7. The van der Waals surface area contributed by atoms with Crippen LogP contribution >= 0.6 is 0 Å². The minimum absolute atomic E-state index is 0.112. The first-order valence-electron chi connectivity index (χ1n) is 8.20. The summed E-state index contributed by atoms with van der Waals surface area (Å²) < 4.78 is 46.9. The molecule has 2 amide bonds. The Hall–Kier alpha value is -2.90. The van der Waals surface area contributed by atoms with Crippen molar-refractivity contribution in [1.29, 1.82) is 0 Å². The number of rotatable bonds is 6. The number of alkyl halides is 3. The Bertz CT molecular complexity index is 794. The van der Waals surface area contributed by atoms with E-state index in [0.29, 0.717) is 0 Å². The molecule has 0 aliphatic rings. The smallest absolute Gasteiger partial charge is 0.422 e. The molecule has 0 bridgehead atoms. The van der Waals surface area contributed by atoms with Crippen molar-refractivity contribution in [2.45, 2.75) is 26.1 Å². The fourth-order valence-electron chi connectivity index (χ4n) is 2.54. The summed E-state index contributed by atoms with van der Waals surface area (Å²) in [5, 5.41) is 5.37. The fourth-order valence-corrected chi connectivity index (χ4v) is 2.54. The molecule has 0 aliphatic heterocycles. The van der Waals surface area contributed by atoms with Gasteiger partial charge in [0.1, 0.15) is 0 Å². The van der Waals surface area contributed by atoms with Crippen LogP contribution in [-0.4, -0.2) is 25.9 Å². The molecule has 27 heavy (non-hydrogen) atoms. The summed E-state index contributed by atoms with van der Waals surface area (Å²) >= 11 is 0. The van der Waals surface area contributed by atoms with Crippen molar-refractivity contribution in [3.63, 3.8) is 0 Å². The number of benzene rings is 2. The molecule has 0 fully saturated rings. The number of halogens is 3. The van der Waals surface area contributed by atoms with Gasteiger partial charge in [0.2, 0.25) is 0 Å². The average molecular weight is 382 g/mol. The molecular weight excluding hydrogens is 361 g/mol. The highest BCUT2D eigenvalue weighted by molar-refractivity contribution is 5.90.